The van der Waals surface area contributed by atoms with E-state index in [4.69, 9.17) is 5.73 Å². The summed E-state index contributed by atoms with van der Waals surface area (Å²) in [5.41, 5.74) is 7.00. The third kappa shape index (κ3) is 4.40. The first kappa shape index (κ1) is 14.6. The number of nitrogens with one attached hydrogen (secondary N) is 1. The van der Waals surface area contributed by atoms with E-state index in [2.05, 4.69) is 4.76 Å². The van der Waals surface area contributed by atoms with E-state index in [1.54, 1.807) is 0 Å². The molecule has 18 heavy (non-hydrogen) atoms. The standard InChI is InChI=1S/C10H13BF2N2O3/c12-10(13)7-2-1-3-8(6-7)11(17)18-15-9(16)4-5-14/h1-3,6,10,17H,4-5,14H2,(H,15,16). The van der Waals surface area contributed by atoms with E-state index >= 15 is 0 Å². The summed E-state index contributed by atoms with van der Waals surface area (Å²) in [7, 11) is -1.51. The molecular weight excluding hydrogens is 245 g/mol. The van der Waals surface area contributed by atoms with Crippen molar-refractivity contribution in [3.8, 4) is 0 Å². The second kappa shape index (κ2) is 7.05. The van der Waals surface area contributed by atoms with Gasteiger partial charge in [-0.3, -0.25) is 9.55 Å². The Morgan fingerprint density at radius 3 is 2.89 bits per heavy atom. The predicted molar refractivity (Wildman–Crippen MR) is 61.9 cm³/mol. The molecule has 5 nitrogen and oxygen atoms in total. The van der Waals surface area contributed by atoms with Crippen molar-refractivity contribution in [2.45, 2.75) is 12.8 Å². The topological polar surface area (TPSA) is 84.6 Å². The average Bonchev–Trinajstić information content (AvgIpc) is 2.36. The van der Waals surface area contributed by atoms with E-state index in [0.717, 1.165) is 6.07 Å². The summed E-state index contributed by atoms with van der Waals surface area (Å²) in [4.78, 5) is 11.0. The Bertz CT molecular complexity index is 406. The molecule has 0 atom stereocenters. The Kier molecular flexibility index (Phi) is 5.70. The molecular formula is C10H13BF2N2O3. The van der Waals surface area contributed by atoms with Crippen molar-refractivity contribution in [3.05, 3.63) is 29.8 Å². The zero-order valence-electron chi connectivity index (χ0n) is 9.48. The Hall–Kier alpha value is -1.51. The number of hydrogen-bond donors (Lipinski definition) is 3. The number of hydroxylamine groups is 1. The number of amides is 1. The number of nitrogens with two attached hydrogens (primary N) is 1. The molecule has 0 spiro atoms. The van der Waals surface area contributed by atoms with Crippen LogP contribution in [0.3, 0.4) is 0 Å². The second-order valence-electron chi connectivity index (χ2n) is 3.50. The molecule has 0 bridgehead atoms. The van der Waals surface area contributed by atoms with Gasteiger partial charge in [0.2, 0.25) is 5.91 Å². The molecule has 0 aliphatic rings. The van der Waals surface area contributed by atoms with Crippen molar-refractivity contribution in [1.82, 2.24) is 5.48 Å². The molecule has 4 N–H and O–H groups in total. The van der Waals surface area contributed by atoms with E-state index in [0.29, 0.717) is 0 Å². The monoisotopic (exact) mass is 258 g/mol. The van der Waals surface area contributed by atoms with E-state index in [1.807, 2.05) is 5.48 Å². The minimum atomic E-state index is -2.64. The maximum absolute atomic E-state index is 12.4. The van der Waals surface area contributed by atoms with Crippen LogP contribution in [0.4, 0.5) is 8.78 Å². The van der Waals surface area contributed by atoms with Crippen molar-refractivity contribution >= 4 is 18.5 Å². The van der Waals surface area contributed by atoms with Gasteiger partial charge in [-0.15, -0.1) is 0 Å². The molecule has 0 aliphatic carbocycles. The van der Waals surface area contributed by atoms with Crippen molar-refractivity contribution < 1.29 is 23.4 Å². The highest BCUT2D eigenvalue weighted by Gasteiger charge is 2.20. The summed E-state index contributed by atoms with van der Waals surface area (Å²) in [6.45, 7) is 0.145. The zero-order valence-corrected chi connectivity index (χ0v) is 9.48. The van der Waals surface area contributed by atoms with Gasteiger partial charge in [0.25, 0.3) is 6.43 Å². The normalized spacial score (nSPS) is 10.5. The van der Waals surface area contributed by atoms with Gasteiger partial charge in [-0.2, -0.15) is 0 Å². The first-order valence-corrected chi connectivity index (χ1v) is 5.25. The number of hydrogen-bond acceptors (Lipinski definition) is 4. The highest BCUT2D eigenvalue weighted by Crippen LogP contribution is 2.16. The molecule has 98 valence electrons. The molecule has 1 aromatic rings. The summed E-state index contributed by atoms with van der Waals surface area (Å²) in [6, 6.07) is 5.11. The fourth-order valence-electron chi connectivity index (χ4n) is 1.22. The molecule has 1 rings (SSSR count). The summed E-state index contributed by atoms with van der Waals surface area (Å²) >= 11 is 0. The smallest absolute Gasteiger partial charge is 0.422 e. The molecule has 8 heteroatoms. The Morgan fingerprint density at radius 1 is 1.56 bits per heavy atom. The Morgan fingerprint density at radius 2 is 2.28 bits per heavy atom. The van der Waals surface area contributed by atoms with Gasteiger partial charge in [0, 0.05) is 18.5 Å². The van der Waals surface area contributed by atoms with Crippen molar-refractivity contribution in [3.63, 3.8) is 0 Å². The third-order valence-electron chi connectivity index (χ3n) is 2.10. The lowest BCUT2D eigenvalue weighted by Gasteiger charge is -2.10. The molecule has 0 unspecified atom stereocenters. The van der Waals surface area contributed by atoms with Crippen LogP contribution < -0.4 is 16.7 Å². The van der Waals surface area contributed by atoms with E-state index in [1.165, 1.54) is 18.2 Å². The van der Waals surface area contributed by atoms with Gasteiger partial charge >= 0.3 is 7.12 Å². The van der Waals surface area contributed by atoms with Gasteiger partial charge in [-0.25, -0.2) is 14.3 Å². The number of rotatable bonds is 6. The third-order valence-corrected chi connectivity index (χ3v) is 2.10. The van der Waals surface area contributed by atoms with Crippen LogP contribution >= 0.6 is 0 Å². The fourth-order valence-corrected chi connectivity index (χ4v) is 1.22. The molecule has 0 aliphatic heterocycles. The highest BCUT2D eigenvalue weighted by molar-refractivity contribution is 6.59. The molecule has 0 heterocycles. The van der Waals surface area contributed by atoms with Crippen LogP contribution in [0.2, 0.25) is 0 Å². The number of halogens is 2. The summed E-state index contributed by atoms with van der Waals surface area (Å²) in [5, 5.41) is 9.53. The summed E-state index contributed by atoms with van der Waals surface area (Å²) in [5.74, 6) is -0.499. The average molecular weight is 258 g/mol. The predicted octanol–water partition coefficient (Wildman–Crippen LogP) is -0.292. The van der Waals surface area contributed by atoms with Gasteiger partial charge in [0.05, 0.1) is 0 Å². The maximum Gasteiger partial charge on any atom is 0.514 e. The fraction of sp³-hybridized carbons (Fsp3) is 0.300. The van der Waals surface area contributed by atoms with Crippen molar-refractivity contribution in [2.24, 2.45) is 5.73 Å². The molecule has 0 saturated heterocycles. The van der Waals surface area contributed by atoms with E-state index < -0.39 is 19.5 Å². The first-order valence-electron chi connectivity index (χ1n) is 5.25. The molecule has 0 fully saturated rings. The number of carbonyl (C=O) groups is 1. The van der Waals surface area contributed by atoms with Gasteiger partial charge < -0.3 is 10.8 Å². The van der Waals surface area contributed by atoms with Gasteiger partial charge in [-0.05, 0) is 5.46 Å². The van der Waals surface area contributed by atoms with Gasteiger partial charge in [0.15, 0.2) is 0 Å². The van der Waals surface area contributed by atoms with Crippen LogP contribution in [0.5, 0.6) is 0 Å². The van der Waals surface area contributed by atoms with E-state index in [9.17, 15) is 18.6 Å². The van der Waals surface area contributed by atoms with Crippen LogP contribution in [0.15, 0.2) is 24.3 Å². The molecule has 0 radical (unpaired) electrons. The van der Waals surface area contributed by atoms with Gasteiger partial charge in [-0.1, -0.05) is 24.3 Å². The first-order chi connectivity index (χ1) is 8.54. The van der Waals surface area contributed by atoms with Crippen molar-refractivity contribution in [2.75, 3.05) is 6.54 Å². The Labute approximate surface area is 103 Å². The lowest BCUT2D eigenvalue weighted by atomic mass is 9.79. The van der Waals surface area contributed by atoms with Gasteiger partial charge in [0.1, 0.15) is 0 Å². The largest absolute Gasteiger partial charge is 0.514 e. The highest BCUT2D eigenvalue weighted by atomic mass is 19.3. The minimum Gasteiger partial charge on any atom is -0.422 e. The number of carbonyl (C=O) groups excluding carboxylic acids is 1. The quantitative estimate of drug-likeness (QED) is 0.483. The SMILES string of the molecule is NCCC(=O)NOB(O)c1cccc(C(F)F)c1. The van der Waals surface area contributed by atoms with Crippen LogP contribution in [-0.2, 0) is 9.55 Å². The second-order valence-corrected chi connectivity index (χ2v) is 3.50. The lowest BCUT2D eigenvalue weighted by molar-refractivity contribution is -0.128. The van der Waals surface area contributed by atoms with Crippen LogP contribution in [-0.4, -0.2) is 24.6 Å². The number of alkyl halides is 2. The van der Waals surface area contributed by atoms with E-state index in [-0.39, 0.29) is 24.0 Å². The summed E-state index contributed by atoms with van der Waals surface area (Å²) in [6.07, 6.45) is -2.59. The Balaban J connectivity index is 2.58. The molecule has 0 aromatic heterocycles. The summed E-state index contributed by atoms with van der Waals surface area (Å²) < 4.78 is 29.5. The molecule has 1 aromatic carbocycles. The lowest BCUT2D eigenvalue weighted by Crippen LogP contribution is -2.41. The van der Waals surface area contributed by atoms with Crippen molar-refractivity contribution in [1.29, 1.82) is 0 Å². The molecule has 0 saturated carbocycles. The minimum absolute atomic E-state index is 0.0454. The zero-order chi connectivity index (χ0) is 13.5. The molecule has 1 amide bonds. The van der Waals surface area contributed by atoms with Crippen LogP contribution in [0, 0.1) is 0 Å². The van der Waals surface area contributed by atoms with Crippen LogP contribution in [0.25, 0.3) is 0 Å². The number of benzene rings is 1. The van der Waals surface area contributed by atoms with Crippen LogP contribution in [0.1, 0.15) is 18.4 Å². The maximum atomic E-state index is 12.4.